The molecule has 0 radical (unpaired) electrons. The third kappa shape index (κ3) is 4.04. The Morgan fingerprint density at radius 3 is 2.31 bits per heavy atom. The second-order valence-electron chi connectivity index (χ2n) is 3.71. The first kappa shape index (κ1) is 12.7. The molecule has 0 aliphatic rings. The van der Waals surface area contributed by atoms with E-state index in [0.29, 0.717) is 0 Å². The minimum Gasteiger partial charge on any atom is -0.299 e. The van der Waals surface area contributed by atoms with Gasteiger partial charge in [-0.15, -0.1) is 0 Å². The number of hydrogen-bond donors (Lipinski definition) is 0. The van der Waals surface area contributed by atoms with E-state index in [1.165, 1.54) is 0 Å². The highest BCUT2D eigenvalue weighted by molar-refractivity contribution is 5.85. The zero-order valence-electron chi connectivity index (χ0n) is 8.92. The molecule has 4 heteroatoms. The number of rotatable bonds is 4. The summed E-state index contributed by atoms with van der Waals surface area (Å²) < 4.78 is 35.8. The molecule has 0 N–H and O–H groups in total. The van der Waals surface area contributed by atoms with E-state index in [4.69, 9.17) is 0 Å². The van der Waals surface area contributed by atoms with Crippen LogP contribution in [-0.4, -0.2) is 12.0 Å². The van der Waals surface area contributed by atoms with Gasteiger partial charge < -0.3 is 0 Å². The van der Waals surface area contributed by atoms with Gasteiger partial charge in [0.2, 0.25) is 0 Å². The van der Waals surface area contributed by atoms with Crippen LogP contribution >= 0.6 is 0 Å². The van der Waals surface area contributed by atoms with E-state index in [2.05, 4.69) is 0 Å². The lowest BCUT2D eigenvalue weighted by Crippen LogP contribution is -2.14. The predicted octanol–water partition coefficient (Wildman–Crippen LogP) is 3.70. The lowest BCUT2D eigenvalue weighted by molar-refractivity contribution is -0.143. The maximum absolute atomic E-state index is 11.9. The predicted molar refractivity (Wildman–Crippen MR) is 55.2 cm³/mol. The monoisotopic (exact) mass is 230 g/mol. The molecule has 1 atom stereocenters. The van der Waals surface area contributed by atoms with Crippen molar-refractivity contribution in [1.82, 2.24) is 0 Å². The van der Waals surface area contributed by atoms with Crippen molar-refractivity contribution in [3.8, 4) is 0 Å². The fourth-order valence-electron chi connectivity index (χ4n) is 1.41. The molecule has 1 aromatic carbocycles. The van der Waals surface area contributed by atoms with Crippen molar-refractivity contribution < 1.29 is 18.0 Å². The van der Waals surface area contributed by atoms with E-state index < -0.39 is 24.9 Å². The van der Waals surface area contributed by atoms with Gasteiger partial charge in [0.25, 0.3) is 0 Å². The number of ketones is 1. The topological polar surface area (TPSA) is 17.1 Å². The van der Waals surface area contributed by atoms with Crippen molar-refractivity contribution >= 4 is 5.78 Å². The van der Waals surface area contributed by atoms with Gasteiger partial charge in [0.05, 0.1) is 6.42 Å². The van der Waals surface area contributed by atoms with Crippen LogP contribution in [0.1, 0.15) is 31.2 Å². The average molecular weight is 230 g/mol. The molecule has 0 aromatic heterocycles. The van der Waals surface area contributed by atoms with Crippen molar-refractivity contribution in [2.75, 3.05) is 0 Å². The minimum absolute atomic E-state index is 0.372. The maximum Gasteiger partial charge on any atom is 0.389 e. The van der Waals surface area contributed by atoms with E-state index in [1.54, 1.807) is 37.3 Å². The minimum atomic E-state index is -4.26. The summed E-state index contributed by atoms with van der Waals surface area (Å²) in [5.74, 6) is -0.841. The Labute approximate surface area is 92.3 Å². The summed E-state index contributed by atoms with van der Waals surface area (Å²) in [4.78, 5) is 11.5. The van der Waals surface area contributed by atoms with Gasteiger partial charge in [-0.2, -0.15) is 13.2 Å². The van der Waals surface area contributed by atoms with Crippen molar-refractivity contribution in [2.45, 2.75) is 31.9 Å². The Bertz CT molecular complexity index is 343. The van der Waals surface area contributed by atoms with Gasteiger partial charge in [-0.3, -0.25) is 4.79 Å². The zero-order chi connectivity index (χ0) is 12.2. The van der Waals surface area contributed by atoms with Crippen LogP contribution < -0.4 is 0 Å². The summed E-state index contributed by atoms with van der Waals surface area (Å²) >= 11 is 0. The quantitative estimate of drug-likeness (QED) is 0.770. The summed E-state index contributed by atoms with van der Waals surface area (Å²) in [6.45, 7) is 1.63. The van der Waals surface area contributed by atoms with E-state index in [-0.39, 0.29) is 5.78 Å². The molecular formula is C12H13F3O. The Morgan fingerprint density at radius 1 is 1.25 bits per heavy atom. The molecule has 1 unspecified atom stereocenters. The Kier molecular flexibility index (Phi) is 4.10. The molecule has 16 heavy (non-hydrogen) atoms. The molecule has 0 aliphatic carbocycles. The molecule has 0 spiro atoms. The van der Waals surface area contributed by atoms with Crippen molar-refractivity contribution in [2.24, 2.45) is 0 Å². The number of hydrogen-bond acceptors (Lipinski definition) is 1. The van der Waals surface area contributed by atoms with Gasteiger partial charge in [0, 0.05) is 12.3 Å². The standard InChI is InChI=1S/C12H13F3O/c1-9(10-5-3-2-4-6-10)11(16)7-8-12(13,14)15/h2-6,9H,7-8H2,1H3. The van der Waals surface area contributed by atoms with Gasteiger partial charge in [0.1, 0.15) is 5.78 Å². The van der Waals surface area contributed by atoms with E-state index in [1.807, 2.05) is 0 Å². The average Bonchev–Trinajstić information content (AvgIpc) is 2.25. The van der Waals surface area contributed by atoms with Crippen LogP contribution in [0.25, 0.3) is 0 Å². The molecule has 88 valence electrons. The summed E-state index contributed by atoms with van der Waals surface area (Å²) in [5, 5.41) is 0. The van der Waals surface area contributed by atoms with Crippen LogP contribution in [-0.2, 0) is 4.79 Å². The van der Waals surface area contributed by atoms with E-state index in [9.17, 15) is 18.0 Å². The van der Waals surface area contributed by atoms with Gasteiger partial charge in [0.15, 0.2) is 0 Å². The van der Waals surface area contributed by atoms with Crippen LogP contribution in [0.15, 0.2) is 30.3 Å². The normalized spacial score (nSPS) is 13.5. The highest BCUT2D eigenvalue weighted by Gasteiger charge is 2.29. The number of carbonyl (C=O) groups is 1. The summed E-state index contributed by atoms with van der Waals surface area (Å²) in [7, 11) is 0. The number of halogens is 3. The largest absolute Gasteiger partial charge is 0.389 e. The zero-order valence-corrected chi connectivity index (χ0v) is 8.92. The van der Waals surface area contributed by atoms with Gasteiger partial charge in [-0.1, -0.05) is 37.3 Å². The summed E-state index contributed by atoms with van der Waals surface area (Å²) in [6, 6.07) is 8.83. The number of alkyl halides is 3. The van der Waals surface area contributed by atoms with E-state index >= 15 is 0 Å². The molecule has 0 saturated carbocycles. The van der Waals surface area contributed by atoms with E-state index in [0.717, 1.165) is 5.56 Å². The fourth-order valence-corrected chi connectivity index (χ4v) is 1.41. The first-order valence-corrected chi connectivity index (χ1v) is 5.04. The molecule has 0 aliphatic heterocycles. The van der Waals surface area contributed by atoms with Crippen LogP contribution in [0.2, 0.25) is 0 Å². The molecule has 0 amide bonds. The molecule has 1 rings (SSSR count). The summed E-state index contributed by atoms with van der Waals surface area (Å²) in [5.41, 5.74) is 0.759. The molecular weight excluding hydrogens is 217 g/mol. The van der Waals surface area contributed by atoms with Crippen LogP contribution in [0.4, 0.5) is 13.2 Å². The van der Waals surface area contributed by atoms with Crippen molar-refractivity contribution in [3.63, 3.8) is 0 Å². The summed E-state index contributed by atoms with van der Waals surface area (Å²) in [6.07, 6.45) is -5.74. The molecule has 1 nitrogen and oxygen atoms in total. The smallest absolute Gasteiger partial charge is 0.299 e. The fraction of sp³-hybridized carbons (Fsp3) is 0.417. The number of carbonyl (C=O) groups excluding carboxylic acids is 1. The second-order valence-corrected chi connectivity index (χ2v) is 3.71. The molecule has 0 bridgehead atoms. The first-order valence-electron chi connectivity index (χ1n) is 5.04. The van der Waals surface area contributed by atoms with Crippen LogP contribution in [0.3, 0.4) is 0 Å². The van der Waals surface area contributed by atoms with Crippen LogP contribution in [0, 0.1) is 0 Å². The third-order valence-corrected chi connectivity index (χ3v) is 2.44. The van der Waals surface area contributed by atoms with Gasteiger partial charge in [-0.05, 0) is 5.56 Å². The maximum atomic E-state index is 11.9. The Balaban J connectivity index is 2.55. The molecule has 0 fully saturated rings. The highest BCUT2D eigenvalue weighted by atomic mass is 19.4. The third-order valence-electron chi connectivity index (χ3n) is 2.44. The SMILES string of the molecule is CC(C(=O)CCC(F)(F)F)c1ccccc1. The van der Waals surface area contributed by atoms with Crippen LogP contribution in [0.5, 0.6) is 0 Å². The van der Waals surface area contributed by atoms with Crippen molar-refractivity contribution in [3.05, 3.63) is 35.9 Å². The molecule has 0 saturated heterocycles. The van der Waals surface area contributed by atoms with Crippen molar-refractivity contribution in [1.29, 1.82) is 0 Å². The van der Waals surface area contributed by atoms with Gasteiger partial charge >= 0.3 is 6.18 Å². The Morgan fingerprint density at radius 2 is 1.81 bits per heavy atom. The lowest BCUT2D eigenvalue weighted by Gasteiger charge is -2.11. The van der Waals surface area contributed by atoms with Gasteiger partial charge in [-0.25, -0.2) is 0 Å². The molecule has 1 aromatic rings. The molecule has 0 heterocycles. The number of benzene rings is 1. The Hall–Kier alpha value is -1.32. The first-order chi connectivity index (χ1) is 7.40. The second kappa shape index (κ2) is 5.14. The lowest BCUT2D eigenvalue weighted by atomic mass is 9.94. The highest BCUT2D eigenvalue weighted by Crippen LogP contribution is 2.25. The number of Topliss-reactive ketones (excluding diaryl/α,β-unsaturated/α-hetero) is 1.